The molecular weight excluding hydrogens is 553 g/mol. The third-order valence-electron chi connectivity index (χ3n) is 8.66. The lowest BCUT2D eigenvalue weighted by Gasteiger charge is -2.20. The van der Waals surface area contributed by atoms with E-state index in [0.717, 1.165) is 12.1 Å². The van der Waals surface area contributed by atoms with Crippen LogP contribution < -0.4 is 5.32 Å². The van der Waals surface area contributed by atoms with E-state index in [0.29, 0.717) is 0 Å². The summed E-state index contributed by atoms with van der Waals surface area (Å²) in [6.45, 7) is 2.24. The fraction of sp³-hybridized carbons (Fsp3) is 0.0732. The number of para-hydroxylation sites is 1. The molecule has 0 saturated carbocycles. The van der Waals surface area contributed by atoms with Gasteiger partial charge in [-0.1, -0.05) is 115 Å². The summed E-state index contributed by atoms with van der Waals surface area (Å²) in [5.74, 6) is 0. The summed E-state index contributed by atoms with van der Waals surface area (Å²) >= 11 is 1.88. The summed E-state index contributed by atoms with van der Waals surface area (Å²) in [5, 5.41) is 9.08. The number of hydrogen-bond donors (Lipinski definition) is 1. The lowest BCUT2D eigenvalue weighted by Crippen LogP contribution is -2.17. The van der Waals surface area contributed by atoms with Gasteiger partial charge in [0, 0.05) is 48.4 Å². The van der Waals surface area contributed by atoms with Crippen molar-refractivity contribution in [3.05, 3.63) is 168 Å². The highest BCUT2D eigenvalue weighted by Gasteiger charge is 2.16. The molecule has 6 aromatic carbocycles. The van der Waals surface area contributed by atoms with E-state index < -0.39 is 0 Å². The molecule has 44 heavy (non-hydrogen) atoms. The van der Waals surface area contributed by atoms with Crippen LogP contribution in [0.2, 0.25) is 0 Å². The third-order valence-corrected chi connectivity index (χ3v) is 9.80. The summed E-state index contributed by atoms with van der Waals surface area (Å²) in [4.78, 5) is 0. The molecule has 0 radical (unpaired) electrons. The number of aromatic nitrogens is 1. The fourth-order valence-corrected chi connectivity index (χ4v) is 7.53. The highest BCUT2D eigenvalue weighted by Crippen LogP contribution is 2.40. The zero-order valence-corrected chi connectivity index (χ0v) is 25.4. The molecule has 0 bridgehead atoms. The van der Waals surface area contributed by atoms with E-state index in [2.05, 4.69) is 168 Å². The first-order valence-corrected chi connectivity index (χ1v) is 16.1. The number of allylic oxidation sites excluding steroid dienone is 1. The molecule has 0 spiro atoms. The Kier molecular flexibility index (Phi) is 6.74. The minimum absolute atomic E-state index is 0.141. The van der Waals surface area contributed by atoms with Crippen LogP contribution in [0.4, 0.5) is 0 Å². The van der Waals surface area contributed by atoms with Gasteiger partial charge >= 0.3 is 0 Å². The number of hydrogen-bond acceptors (Lipinski definition) is 2. The monoisotopic (exact) mass is 584 g/mol. The first-order chi connectivity index (χ1) is 21.7. The maximum Gasteiger partial charge on any atom is 0.0555 e. The van der Waals surface area contributed by atoms with E-state index in [1.54, 1.807) is 0 Å². The molecule has 2 nitrogen and oxygen atoms in total. The average Bonchev–Trinajstić information content (AvgIpc) is 3.61. The van der Waals surface area contributed by atoms with Gasteiger partial charge in [-0.2, -0.15) is 0 Å². The van der Waals surface area contributed by atoms with Gasteiger partial charge in [0.25, 0.3) is 0 Å². The Hall–Kier alpha value is -5.12. The predicted molar refractivity (Wildman–Crippen MR) is 190 cm³/mol. The van der Waals surface area contributed by atoms with Crippen LogP contribution in [0.1, 0.15) is 29.7 Å². The van der Waals surface area contributed by atoms with Crippen LogP contribution in [0.15, 0.2) is 152 Å². The second-order valence-electron chi connectivity index (χ2n) is 11.4. The maximum absolute atomic E-state index is 3.82. The van der Waals surface area contributed by atoms with Gasteiger partial charge in [-0.25, -0.2) is 0 Å². The van der Waals surface area contributed by atoms with Gasteiger partial charge in [0.15, 0.2) is 0 Å². The van der Waals surface area contributed by atoms with Crippen molar-refractivity contribution < 1.29 is 0 Å². The zero-order valence-electron chi connectivity index (χ0n) is 24.6. The van der Waals surface area contributed by atoms with Crippen molar-refractivity contribution in [3.63, 3.8) is 0 Å². The minimum Gasteiger partial charge on any atom is -0.378 e. The van der Waals surface area contributed by atoms with Crippen LogP contribution in [0.5, 0.6) is 0 Å². The van der Waals surface area contributed by atoms with E-state index in [1.807, 2.05) is 11.3 Å². The Labute approximate surface area is 261 Å². The Morgan fingerprint density at radius 2 is 1.32 bits per heavy atom. The van der Waals surface area contributed by atoms with Gasteiger partial charge in [0.05, 0.1) is 11.0 Å². The van der Waals surface area contributed by atoms with Crippen LogP contribution in [0, 0.1) is 0 Å². The number of thiophene rings is 1. The Morgan fingerprint density at radius 3 is 2.11 bits per heavy atom. The molecule has 0 aliphatic carbocycles. The van der Waals surface area contributed by atoms with Crippen LogP contribution >= 0.6 is 11.3 Å². The normalized spacial score (nSPS) is 12.8. The molecule has 0 fully saturated rings. The molecular formula is C41H32N2S. The van der Waals surface area contributed by atoms with E-state index in [-0.39, 0.29) is 6.04 Å². The Balaban J connectivity index is 1.15. The van der Waals surface area contributed by atoms with Crippen molar-refractivity contribution in [3.8, 4) is 5.69 Å². The molecule has 212 valence electrons. The summed E-state index contributed by atoms with van der Waals surface area (Å²) in [6.07, 6.45) is 3.19. The molecule has 2 aromatic heterocycles. The molecule has 1 unspecified atom stereocenters. The lowest BCUT2D eigenvalue weighted by molar-refractivity contribution is 0.699. The van der Waals surface area contributed by atoms with E-state index in [9.17, 15) is 0 Å². The van der Waals surface area contributed by atoms with Gasteiger partial charge in [0.2, 0.25) is 0 Å². The molecule has 0 amide bonds. The lowest BCUT2D eigenvalue weighted by atomic mass is 10.0. The smallest absolute Gasteiger partial charge is 0.0555 e. The largest absolute Gasteiger partial charge is 0.378 e. The number of fused-ring (bicyclic) bond motifs is 6. The standard InChI is InChI=1S/C41H32N2S/c1-28(42-37(31-14-6-3-7-15-31)25-20-29-12-4-2-5-13-29)30-21-23-32(24-22-30)43-38-18-10-8-16-33(38)35-26-36-34-17-9-11-19-40(34)44-41(36)27-39(35)43/h2-19,21-28,42H,20H2,1H3/b37-25-. The molecule has 1 atom stereocenters. The van der Waals surface area contributed by atoms with Gasteiger partial charge < -0.3 is 9.88 Å². The molecule has 1 N–H and O–H groups in total. The highest BCUT2D eigenvalue weighted by atomic mass is 32.1. The van der Waals surface area contributed by atoms with Crippen LogP contribution in [0.25, 0.3) is 53.4 Å². The molecule has 8 rings (SSSR count). The van der Waals surface area contributed by atoms with Crippen molar-refractivity contribution in [2.75, 3.05) is 0 Å². The fourth-order valence-electron chi connectivity index (χ4n) is 6.41. The van der Waals surface area contributed by atoms with Crippen molar-refractivity contribution in [1.82, 2.24) is 9.88 Å². The summed E-state index contributed by atoms with van der Waals surface area (Å²) < 4.78 is 5.09. The first-order valence-electron chi connectivity index (χ1n) is 15.2. The summed E-state index contributed by atoms with van der Waals surface area (Å²) in [6, 6.07) is 52.8. The van der Waals surface area contributed by atoms with Crippen LogP contribution in [-0.2, 0) is 6.42 Å². The van der Waals surface area contributed by atoms with E-state index in [1.165, 1.54) is 64.4 Å². The minimum atomic E-state index is 0.141. The van der Waals surface area contributed by atoms with Gasteiger partial charge in [-0.15, -0.1) is 11.3 Å². The Bertz CT molecular complexity index is 2270. The van der Waals surface area contributed by atoms with Crippen molar-refractivity contribution in [2.24, 2.45) is 0 Å². The van der Waals surface area contributed by atoms with E-state index >= 15 is 0 Å². The SMILES string of the molecule is CC(N/C(=C\Cc1ccccc1)c1ccccc1)c1ccc(-n2c3ccccc3c3cc4c(cc32)sc2ccccc24)cc1. The molecule has 2 heterocycles. The van der Waals surface area contributed by atoms with Crippen molar-refractivity contribution in [2.45, 2.75) is 19.4 Å². The van der Waals surface area contributed by atoms with E-state index in [4.69, 9.17) is 0 Å². The van der Waals surface area contributed by atoms with Gasteiger partial charge in [-0.05, 0) is 66.4 Å². The third kappa shape index (κ3) is 4.76. The average molecular weight is 585 g/mol. The molecule has 0 aliphatic rings. The zero-order chi connectivity index (χ0) is 29.5. The summed E-state index contributed by atoms with van der Waals surface area (Å²) in [7, 11) is 0. The molecule has 0 saturated heterocycles. The van der Waals surface area contributed by atoms with Gasteiger partial charge in [0.1, 0.15) is 0 Å². The molecule has 3 heteroatoms. The second-order valence-corrected chi connectivity index (χ2v) is 12.5. The number of rotatable bonds is 7. The second kappa shape index (κ2) is 11.2. The highest BCUT2D eigenvalue weighted by molar-refractivity contribution is 7.25. The number of nitrogens with one attached hydrogen (secondary N) is 1. The van der Waals surface area contributed by atoms with Crippen LogP contribution in [-0.4, -0.2) is 4.57 Å². The number of nitrogens with zero attached hydrogens (tertiary/aromatic N) is 1. The van der Waals surface area contributed by atoms with Crippen LogP contribution in [0.3, 0.4) is 0 Å². The van der Waals surface area contributed by atoms with Crippen molar-refractivity contribution >= 4 is 59.0 Å². The molecule has 8 aromatic rings. The predicted octanol–water partition coefficient (Wildman–Crippen LogP) is 11.1. The maximum atomic E-state index is 3.82. The quantitative estimate of drug-likeness (QED) is 0.197. The first kappa shape index (κ1) is 26.5. The number of benzene rings is 6. The topological polar surface area (TPSA) is 17.0 Å². The van der Waals surface area contributed by atoms with Crippen molar-refractivity contribution in [1.29, 1.82) is 0 Å². The summed E-state index contributed by atoms with van der Waals surface area (Å²) in [5.41, 5.74) is 8.57. The Morgan fingerprint density at radius 1 is 0.636 bits per heavy atom. The molecule has 0 aliphatic heterocycles. The van der Waals surface area contributed by atoms with Gasteiger partial charge in [-0.3, -0.25) is 0 Å².